The molecule has 4 unspecified atom stereocenters. The van der Waals surface area contributed by atoms with Crippen LogP contribution in [0.5, 0.6) is 0 Å². The molecule has 8 saturated heterocycles. The molecule has 8 bridgehead atoms. The molecule has 0 spiro atoms. The summed E-state index contributed by atoms with van der Waals surface area (Å²) < 4.78 is 3.00. The summed E-state index contributed by atoms with van der Waals surface area (Å²) in [5.74, 6) is 0. The van der Waals surface area contributed by atoms with Gasteiger partial charge in [0.15, 0.2) is 0 Å². The molecule has 0 aromatic rings. The number of hydrogen-bond acceptors (Lipinski definition) is 10. The quantitative estimate of drug-likeness (QED) is 0.303. The second-order valence-corrected chi connectivity index (χ2v) is 30.9. The van der Waals surface area contributed by atoms with Crippen LogP contribution in [0.1, 0.15) is 67.2 Å². The summed E-state index contributed by atoms with van der Waals surface area (Å²) in [5, 5.41) is 0. The summed E-state index contributed by atoms with van der Waals surface area (Å²) >= 11 is 18.3. The zero-order chi connectivity index (χ0) is 19.9. The van der Waals surface area contributed by atoms with Crippen molar-refractivity contribution in [2.24, 2.45) is 0 Å². The lowest BCUT2D eigenvalue weighted by Crippen LogP contribution is -2.57. The Balaban J connectivity index is 1.29. The van der Waals surface area contributed by atoms with Gasteiger partial charge in [-0.05, 0) is 54.4 Å². The van der Waals surface area contributed by atoms with Gasteiger partial charge >= 0.3 is 0 Å². The largest absolute Gasteiger partial charge is 0.127 e. The van der Waals surface area contributed by atoms with Gasteiger partial charge in [0, 0.05) is 12.8 Å². The maximum atomic E-state index is 2.53. The highest BCUT2D eigenvalue weighted by molar-refractivity contribution is 8.85. The summed E-state index contributed by atoms with van der Waals surface area (Å²) in [6.45, 7) is 15.2. The van der Waals surface area contributed by atoms with Crippen molar-refractivity contribution in [2.75, 3.05) is 0 Å². The molecule has 0 aromatic carbocycles. The van der Waals surface area contributed by atoms with Crippen LogP contribution in [0.4, 0.5) is 0 Å². The van der Waals surface area contributed by atoms with E-state index in [1.807, 2.05) is 0 Å². The smallest absolute Gasteiger partial charge is 0.121 e. The Kier molecular flexibility index (Phi) is 4.86. The Morgan fingerprint density at radius 1 is 0.393 bits per heavy atom. The normalized spacial score (nSPS) is 66.6. The molecule has 28 heavy (non-hydrogen) atoms. The van der Waals surface area contributed by atoms with Crippen molar-refractivity contribution in [2.45, 2.75) is 98.5 Å². The highest BCUT2D eigenvalue weighted by Gasteiger charge is 2.70. The summed E-state index contributed by atoms with van der Waals surface area (Å²) in [6, 6.07) is 0. The fourth-order valence-corrected chi connectivity index (χ4v) is 38.5. The molecule has 0 saturated carbocycles. The van der Waals surface area contributed by atoms with Gasteiger partial charge in [0.25, 0.3) is 0 Å². The minimum absolute atomic E-state index is 0.325. The average Bonchev–Trinajstić information content (AvgIpc) is 2.34. The van der Waals surface area contributed by atoms with Gasteiger partial charge in [0.05, 0.1) is 24.5 Å². The SMILES string of the molecule is CC12CC3(SSC45CC6(C)S[C@](C)(C[C@](C)(S6)S4)S5)S[C@@](C)(C[C@](C)(S1)S3)S2. The van der Waals surface area contributed by atoms with Crippen molar-refractivity contribution in [3.63, 3.8) is 0 Å². The van der Waals surface area contributed by atoms with E-state index in [0.717, 1.165) is 0 Å². The topological polar surface area (TPSA) is 0 Å². The molecule has 8 heterocycles. The highest BCUT2D eigenvalue weighted by atomic mass is 33.1. The third kappa shape index (κ3) is 3.52. The Hall–Kier alpha value is 3.50. The minimum Gasteiger partial charge on any atom is -0.127 e. The Bertz CT molecular complexity index is 584. The lowest BCUT2D eigenvalue weighted by atomic mass is 10.2. The van der Waals surface area contributed by atoms with E-state index in [0.29, 0.717) is 31.3 Å². The average molecular weight is 563 g/mol. The van der Waals surface area contributed by atoms with E-state index >= 15 is 0 Å². The van der Waals surface area contributed by atoms with Gasteiger partial charge in [0.2, 0.25) is 0 Å². The first kappa shape index (κ1) is 22.0. The molecule has 158 valence electrons. The predicted octanol–water partition coefficient (Wildman–Crippen LogP) is 9.48. The van der Waals surface area contributed by atoms with Crippen molar-refractivity contribution in [1.29, 1.82) is 0 Å². The van der Waals surface area contributed by atoms with Gasteiger partial charge in [-0.1, -0.05) is 21.6 Å². The standard InChI is InChI=1S/C18H26S10/c1-11-7-12(2)20-15(5,19-11)9-17(23-11,24-12)27-28-18-10-16(6)21-13(3,25-18)8-14(4,22-16)26-18/h7-10H2,1-6H3/t11-,12+,13-,14+,15?,16?,17?,18?. The molecular weight excluding hydrogens is 537 g/mol. The van der Waals surface area contributed by atoms with Crippen LogP contribution in [-0.4, -0.2) is 31.3 Å². The van der Waals surface area contributed by atoms with Crippen LogP contribution >= 0.6 is 116 Å². The summed E-state index contributed by atoms with van der Waals surface area (Å²) in [6.07, 6.45) is 5.33. The van der Waals surface area contributed by atoms with Crippen LogP contribution < -0.4 is 0 Å². The molecule has 0 amide bonds. The fourth-order valence-electron chi connectivity index (χ4n) is 6.09. The third-order valence-corrected chi connectivity index (χ3v) is 24.7. The van der Waals surface area contributed by atoms with E-state index in [9.17, 15) is 0 Å². The van der Waals surface area contributed by atoms with Crippen LogP contribution in [0.3, 0.4) is 0 Å². The first-order valence-electron chi connectivity index (χ1n) is 9.67. The van der Waals surface area contributed by atoms with Crippen LogP contribution in [-0.2, 0) is 0 Å². The number of thioether (sulfide) groups is 8. The van der Waals surface area contributed by atoms with Gasteiger partial charge in [-0.15, -0.1) is 94.1 Å². The number of hydrogen-bond donors (Lipinski definition) is 0. The van der Waals surface area contributed by atoms with Crippen LogP contribution in [0, 0.1) is 0 Å². The van der Waals surface area contributed by atoms with Gasteiger partial charge in [-0.2, -0.15) is 0 Å². The second-order valence-electron chi connectivity index (χ2n) is 9.86. The maximum absolute atomic E-state index is 2.53. The molecule has 8 atom stereocenters. The van der Waals surface area contributed by atoms with E-state index < -0.39 is 0 Å². The molecule has 0 aliphatic carbocycles. The highest BCUT2D eigenvalue weighted by Crippen LogP contribution is 2.88. The minimum atomic E-state index is 0.325. The van der Waals surface area contributed by atoms with Crippen LogP contribution in [0.25, 0.3) is 0 Å². The zero-order valence-electron chi connectivity index (χ0n) is 16.9. The lowest BCUT2D eigenvalue weighted by molar-refractivity contribution is 0.628. The molecule has 8 aliphatic rings. The molecule has 8 fully saturated rings. The molecule has 0 radical (unpaired) electrons. The summed E-state index contributed by atoms with van der Waals surface area (Å²) in [7, 11) is 4.54. The van der Waals surface area contributed by atoms with Crippen molar-refractivity contribution in [3.8, 4) is 0 Å². The monoisotopic (exact) mass is 562 g/mol. The van der Waals surface area contributed by atoms with Gasteiger partial charge in [0.1, 0.15) is 6.82 Å². The molecular formula is C18H26S10. The van der Waals surface area contributed by atoms with Crippen molar-refractivity contribution >= 4 is 116 Å². The van der Waals surface area contributed by atoms with E-state index in [1.165, 1.54) is 25.7 Å². The van der Waals surface area contributed by atoms with Crippen LogP contribution in [0.2, 0.25) is 0 Å². The van der Waals surface area contributed by atoms with Crippen LogP contribution in [0.15, 0.2) is 0 Å². The van der Waals surface area contributed by atoms with Gasteiger partial charge in [-0.3, -0.25) is 0 Å². The maximum Gasteiger partial charge on any atom is 0.121 e. The Morgan fingerprint density at radius 2 is 0.643 bits per heavy atom. The molecule has 8 aliphatic heterocycles. The third-order valence-electron chi connectivity index (χ3n) is 5.87. The second kappa shape index (κ2) is 6.19. The molecule has 0 aromatic heterocycles. The first-order valence-corrected chi connectivity index (χ1v) is 18.4. The molecule has 0 nitrogen and oxygen atoms in total. The Labute approximate surface area is 212 Å². The Morgan fingerprint density at radius 3 is 0.893 bits per heavy atom. The van der Waals surface area contributed by atoms with Gasteiger partial charge in [-0.25, -0.2) is 0 Å². The van der Waals surface area contributed by atoms with Crippen molar-refractivity contribution in [3.05, 3.63) is 0 Å². The van der Waals surface area contributed by atoms with E-state index in [4.69, 9.17) is 0 Å². The zero-order valence-corrected chi connectivity index (χ0v) is 25.1. The summed E-state index contributed by atoms with van der Waals surface area (Å²) in [4.78, 5) is 0. The van der Waals surface area contributed by atoms with E-state index in [1.54, 1.807) is 0 Å². The molecule has 8 rings (SSSR count). The van der Waals surface area contributed by atoms with Crippen molar-refractivity contribution < 1.29 is 0 Å². The number of rotatable bonds is 3. The predicted molar refractivity (Wildman–Crippen MR) is 150 cm³/mol. The lowest BCUT2D eigenvalue weighted by Gasteiger charge is -2.68. The molecule has 10 heteroatoms. The van der Waals surface area contributed by atoms with E-state index in [2.05, 4.69) is 157 Å². The molecule has 0 N–H and O–H groups in total. The van der Waals surface area contributed by atoms with E-state index in [-0.39, 0.29) is 0 Å². The van der Waals surface area contributed by atoms with Gasteiger partial charge < -0.3 is 0 Å². The fraction of sp³-hybridized carbons (Fsp3) is 1.00. The first-order chi connectivity index (χ1) is 12.7. The summed E-state index contributed by atoms with van der Waals surface area (Å²) in [5.41, 5.74) is 0. The van der Waals surface area contributed by atoms with Crippen molar-refractivity contribution in [1.82, 2.24) is 0 Å².